The summed E-state index contributed by atoms with van der Waals surface area (Å²) in [6.07, 6.45) is 0. The first-order valence-electron chi connectivity index (χ1n) is 5.97. The predicted molar refractivity (Wildman–Crippen MR) is 78.0 cm³/mol. The molecule has 21 heavy (non-hydrogen) atoms. The van der Waals surface area contributed by atoms with E-state index in [0.29, 0.717) is 0 Å². The number of non-ortho nitro benzene ring substituents is 1. The first-order valence-corrected chi connectivity index (χ1v) is 7.46. The number of hydrogen-bond donors (Lipinski definition) is 2. The summed E-state index contributed by atoms with van der Waals surface area (Å²) in [6.45, 7) is 0.111. The van der Waals surface area contributed by atoms with Crippen LogP contribution < -0.4 is 10.5 Å². The molecule has 0 spiro atoms. The van der Waals surface area contributed by atoms with Crippen LogP contribution in [0.25, 0.3) is 0 Å². The highest BCUT2D eigenvalue weighted by atomic mass is 32.2. The van der Waals surface area contributed by atoms with Gasteiger partial charge in [0.05, 0.1) is 10.6 Å². The molecule has 0 heterocycles. The van der Waals surface area contributed by atoms with Gasteiger partial charge in [-0.15, -0.1) is 0 Å². The van der Waals surface area contributed by atoms with Gasteiger partial charge in [-0.05, 0) is 11.6 Å². The number of anilines is 1. The molecule has 2 aromatic rings. The number of rotatable bonds is 5. The van der Waals surface area contributed by atoms with E-state index in [9.17, 15) is 18.5 Å². The minimum atomic E-state index is -3.83. The largest absolute Gasteiger partial charge is 0.397 e. The third kappa shape index (κ3) is 3.56. The number of nitrogens with one attached hydrogen (secondary N) is 1. The molecule has 0 aliphatic carbocycles. The fraction of sp³-hybridized carbons (Fsp3) is 0.0769. The Kier molecular flexibility index (Phi) is 4.20. The number of nitro groups is 1. The van der Waals surface area contributed by atoms with Crippen molar-refractivity contribution in [1.82, 2.24) is 4.72 Å². The van der Waals surface area contributed by atoms with Crippen LogP contribution in [-0.4, -0.2) is 13.3 Å². The molecule has 8 heteroatoms. The molecule has 7 nitrogen and oxygen atoms in total. The SMILES string of the molecule is Nc1cc([N+](=O)[O-])ccc1S(=O)(=O)NCc1ccccc1. The molecule has 0 radical (unpaired) electrons. The lowest BCUT2D eigenvalue weighted by molar-refractivity contribution is -0.384. The minimum absolute atomic E-state index is 0.111. The molecule has 3 N–H and O–H groups in total. The van der Waals surface area contributed by atoms with Crippen LogP contribution >= 0.6 is 0 Å². The number of nitrogens with two attached hydrogens (primary N) is 1. The van der Waals surface area contributed by atoms with Gasteiger partial charge in [-0.3, -0.25) is 10.1 Å². The van der Waals surface area contributed by atoms with E-state index in [1.54, 1.807) is 24.3 Å². The lowest BCUT2D eigenvalue weighted by atomic mass is 10.2. The van der Waals surface area contributed by atoms with Crippen molar-refractivity contribution < 1.29 is 13.3 Å². The second-order valence-corrected chi connectivity index (χ2v) is 6.02. The molecule has 0 unspecified atom stereocenters. The first kappa shape index (κ1) is 14.9. The van der Waals surface area contributed by atoms with E-state index in [4.69, 9.17) is 5.73 Å². The Hall–Kier alpha value is -2.45. The van der Waals surface area contributed by atoms with Crippen molar-refractivity contribution in [3.05, 3.63) is 64.2 Å². The van der Waals surface area contributed by atoms with E-state index in [0.717, 1.165) is 23.8 Å². The van der Waals surface area contributed by atoms with Gasteiger partial charge in [0.1, 0.15) is 4.90 Å². The van der Waals surface area contributed by atoms with E-state index in [1.165, 1.54) is 0 Å². The number of nitrogen functional groups attached to an aromatic ring is 1. The molecule has 0 fully saturated rings. The predicted octanol–water partition coefficient (Wildman–Crippen LogP) is 1.66. The molecule has 0 saturated heterocycles. The molecule has 0 bridgehead atoms. The summed E-state index contributed by atoms with van der Waals surface area (Å²) in [5, 5.41) is 10.6. The Morgan fingerprint density at radius 2 is 1.81 bits per heavy atom. The van der Waals surface area contributed by atoms with Crippen molar-refractivity contribution in [2.45, 2.75) is 11.4 Å². The number of sulfonamides is 1. The summed E-state index contributed by atoms with van der Waals surface area (Å²) in [6, 6.07) is 12.2. The molecule has 110 valence electrons. The molecule has 0 aromatic heterocycles. The summed E-state index contributed by atoms with van der Waals surface area (Å²) in [5.41, 5.74) is 5.97. The van der Waals surface area contributed by atoms with Crippen LogP contribution in [-0.2, 0) is 16.6 Å². The zero-order valence-electron chi connectivity index (χ0n) is 10.9. The van der Waals surface area contributed by atoms with Crippen molar-refractivity contribution in [3.63, 3.8) is 0 Å². The highest BCUT2D eigenvalue weighted by Gasteiger charge is 2.19. The number of benzene rings is 2. The van der Waals surface area contributed by atoms with Gasteiger partial charge < -0.3 is 5.73 Å². The Morgan fingerprint density at radius 3 is 2.38 bits per heavy atom. The van der Waals surface area contributed by atoms with Crippen LogP contribution in [0.4, 0.5) is 11.4 Å². The molecule has 2 aromatic carbocycles. The van der Waals surface area contributed by atoms with Gasteiger partial charge in [0.2, 0.25) is 10.0 Å². The van der Waals surface area contributed by atoms with Gasteiger partial charge in [0.25, 0.3) is 5.69 Å². The fourth-order valence-corrected chi connectivity index (χ4v) is 2.87. The van der Waals surface area contributed by atoms with E-state index in [2.05, 4.69) is 4.72 Å². The number of nitrogens with zero attached hydrogens (tertiary/aromatic N) is 1. The van der Waals surface area contributed by atoms with Crippen LogP contribution in [0.15, 0.2) is 53.4 Å². The van der Waals surface area contributed by atoms with E-state index in [1.807, 2.05) is 6.07 Å². The van der Waals surface area contributed by atoms with Crippen LogP contribution in [0.2, 0.25) is 0 Å². The smallest absolute Gasteiger partial charge is 0.271 e. The topological polar surface area (TPSA) is 115 Å². The summed E-state index contributed by atoms with van der Waals surface area (Å²) in [5.74, 6) is 0. The molecule has 0 aliphatic heterocycles. The Morgan fingerprint density at radius 1 is 1.14 bits per heavy atom. The van der Waals surface area contributed by atoms with Crippen molar-refractivity contribution in [2.24, 2.45) is 0 Å². The van der Waals surface area contributed by atoms with Crippen molar-refractivity contribution >= 4 is 21.4 Å². The third-order valence-corrected chi connectivity index (χ3v) is 4.28. The highest BCUT2D eigenvalue weighted by Crippen LogP contribution is 2.23. The Bertz CT molecular complexity index is 760. The molecule has 0 amide bonds. The molecule has 0 aliphatic rings. The summed E-state index contributed by atoms with van der Waals surface area (Å²) >= 11 is 0. The minimum Gasteiger partial charge on any atom is -0.397 e. The highest BCUT2D eigenvalue weighted by molar-refractivity contribution is 7.89. The van der Waals surface area contributed by atoms with Crippen molar-refractivity contribution in [2.75, 3.05) is 5.73 Å². The van der Waals surface area contributed by atoms with E-state index < -0.39 is 14.9 Å². The van der Waals surface area contributed by atoms with Crippen LogP contribution in [0.3, 0.4) is 0 Å². The van der Waals surface area contributed by atoms with Gasteiger partial charge in [0.15, 0.2) is 0 Å². The lowest BCUT2D eigenvalue weighted by Crippen LogP contribution is -2.24. The monoisotopic (exact) mass is 307 g/mol. The van der Waals surface area contributed by atoms with Gasteiger partial charge in [-0.2, -0.15) is 0 Å². The van der Waals surface area contributed by atoms with Gasteiger partial charge in [-0.1, -0.05) is 30.3 Å². The molecular formula is C13H13N3O4S. The van der Waals surface area contributed by atoms with Crippen molar-refractivity contribution in [3.8, 4) is 0 Å². The molecule has 0 saturated carbocycles. The van der Waals surface area contributed by atoms with E-state index in [-0.39, 0.29) is 22.8 Å². The van der Waals surface area contributed by atoms with Crippen LogP contribution in [0, 0.1) is 10.1 Å². The van der Waals surface area contributed by atoms with Gasteiger partial charge in [-0.25, -0.2) is 13.1 Å². The third-order valence-electron chi connectivity index (χ3n) is 2.80. The van der Waals surface area contributed by atoms with Gasteiger partial charge in [0, 0.05) is 18.7 Å². The average molecular weight is 307 g/mol. The summed E-state index contributed by atoms with van der Waals surface area (Å²) in [4.78, 5) is 9.80. The van der Waals surface area contributed by atoms with E-state index >= 15 is 0 Å². The van der Waals surface area contributed by atoms with Crippen molar-refractivity contribution in [1.29, 1.82) is 0 Å². The molecular weight excluding hydrogens is 294 g/mol. The normalized spacial score (nSPS) is 11.2. The van der Waals surface area contributed by atoms with Crippen LogP contribution in [0.1, 0.15) is 5.56 Å². The fourth-order valence-electron chi connectivity index (χ4n) is 1.75. The zero-order chi connectivity index (χ0) is 15.5. The standard InChI is InChI=1S/C13H13N3O4S/c14-12-8-11(16(17)18)6-7-13(12)21(19,20)15-9-10-4-2-1-3-5-10/h1-8,15H,9,14H2. The maximum Gasteiger partial charge on any atom is 0.271 e. The Labute approximate surface area is 121 Å². The Balaban J connectivity index is 2.22. The number of nitro benzene ring substituents is 1. The average Bonchev–Trinajstić information content (AvgIpc) is 2.46. The quantitative estimate of drug-likeness (QED) is 0.495. The van der Waals surface area contributed by atoms with Crippen LogP contribution in [0.5, 0.6) is 0 Å². The molecule has 2 rings (SSSR count). The summed E-state index contributed by atoms with van der Waals surface area (Å²) < 4.78 is 26.7. The first-order chi connectivity index (χ1) is 9.90. The second kappa shape index (κ2) is 5.90. The van der Waals surface area contributed by atoms with Gasteiger partial charge >= 0.3 is 0 Å². The maximum absolute atomic E-state index is 12.1. The number of hydrogen-bond acceptors (Lipinski definition) is 5. The summed E-state index contributed by atoms with van der Waals surface area (Å²) in [7, 11) is -3.83. The zero-order valence-corrected chi connectivity index (χ0v) is 11.7. The molecule has 0 atom stereocenters. The lowest BCUT2D eigenvalue weighted by Gasteiger charge is -2.09. The second-order valence-electron chi connectivity index (χ2n) is 4.29. The maximum atomic E-state index is 12.1.